The molecular formula is C20H25NO2. The lowest BCUT2D eigenvalue weighted by molar-refractivity contribution is -0.118. The van der Waals surface area contributed by atoms with E-state index < -0.39 is 0 Å². The van der Waals surface area contributed by atoms with Gasteiger partial charge in [0, 0.05) is 5.69 Å². The maximum Gasteiger partial charge on any atom is 0.262 e. The van der Waals surface area contributed by atoms with Crippen molar-refractivity contribution in [3.63, 3.8) is 0 Å². The van der Waals surface area contributed by atoms with Gasteiger partial charge in [-0.05, 0) is 67.1 Å². The Bertz CT molecular complexity index is 688. The minimum atomic E-state index is -0.152. The van der Waals surface area contributed by atoms with Crippen LogP contribution < -0.4 is 10.1 Å². The summed E-state index contributed by atoms with van der Waals surface area (Å²) in [4.78, 5) is 12.0. The molecular weight excluding hydrogens is 286 g/mol. The van der Waals surface area contributed by atoms with Crippen LogP contribution >= 0.6 is 0 Å². The summed E-state index contributed by atoms with van der Waals surface area (Å²) in [7, 11) is 0. The Morgan fingerprint density at radius 3 is 2.35 bits per heavy atom. The topological polar surface area (TPSA) is 38.3 Å². The number of carbonyl (C=O) groups is 1. The van der Waals surface area contributed by atoms with Gasteiger partial charge in [0.2, 0.25) is 0 Å². The molecule has 0 saturated carbocycles. The number of ether oxygens (including phenoxy) is 1. The van der Waals surface area contributed by atoms with Crippen molar-refractivity contribution in [3.05, 3.63) is 58.7 Å². The Labute approximate surface area is 138 Å². The molecule has 0 atom stereocenters. The van der Waals surface area contributed by atoms with Gasteiger partial charge < -0.3 is 10.1 Å². The molecule has 2 rings (SSSR count). The van der Waals surface area contributed by atoms with Crippen LogP contribution in [0.3, 0.4) is 0 Å². The highest BCUT2D eigenvalue weighted by Crippen LogP contribution is 2.23. The zero-order valence-electron chi connectivity index (χ0n) is 14.6. The first-order valence-corrected chi connectivity index (χ1v) is 7.97. The molecule has 3 nitrogen and oxygen atoms in total. The number of rotatable bonds is 5. The van der Waals surface area contributed by atoms with Crippen molar-refractivity contribution in [2.24, 2.45) is 0 Å². The van der Waals surface area contributed by atoms with Crippen LogP contribution in [0.1, 0.15) is 42.0 Å². The lowest BCUT2D eigenvalue weighted by atomic mass is 10.0. The van der Waals surface area contributed by atoms with Gasteiger partial charge in [-0.25, -0.2) is 0 Å². The third-order valence-electron chi connectivity index (χ3n) is 3.98. The summed E-state index contributed by atoms with van der Waals surface area (Å²) >= 11 is 0. The normalized spacial score (nSPS) is 10.7. The minimum absolute atomic E-state index is 0.00959. The van der Waals surface area contributed by atoms with E-state index >= 15 is 0 Å². The fraction of sp³-hybridized carbons (Fsp3) is 0.350. The summed E-state index contributed by atoms with van der Waals surface area (Å²) in [6, 6.07) is 12.0. The van der Waals surface area contributed by atoms with E-state index in [0.717, 1.165) is 22.6 Å². The van der Waals surface area contributed by atoms with E-state index in [-0.39, 0.29) is 12.5 Å². The molecule has 0 spiro atoms. The van der Waals surface area contributed by atoms with Gasteiger partial charge in [-0.1, -0.05) is 32.0 Å². The molecule has 0 radical (unpaired) electrons. The number of amides is 1. The van der Waals surface area contributed by atoms with Gasteiger partial charge in [-0.2, -0.15) is 0 Å². The van der Waals surface area contributed by atoms with Gasteiger partial charge in [-0.3, -0.25) is 4.79 Å². The maximum absolute atomic E-state index is 12.0. The second kappa shape index (κ2) is 7.32. The highest BCUT2D eigenvalue weighted by molar-refractivity contribution is 5.91. The van der Waals surface area contributed by atoms with Crippen LogP contribution in [0.4, 0.5) is 5.69 Å². The minimum Gasteiger partial charge on any atom is -0.483 e. The quantitative estimate of drug-likeness (QED) is 0.865. The van der Waals surface area contributed by atoms with Gasteiger partial charge in [0.05, 0.1) is 0 Å². The number of anilines is 1. The van der Waals surface area contributed by atoms with Crippen LogP contribution in [0.15, 0.2) is 36.4 Å². The van der Waals surface area contributed by atoms with Crippen LogP contribution in [0, 0.1) is 20.8 Å². The summed E-state index contributed by atoms with van der Waals surface area (Å²) in [5, 5.41) is 2.86. The molecule has 0 bridgehead atoms. The smallest absolute Gasteiger partial charge is 0.262 e. The van der Waals surface area contributed by atoms with Crippen LogP contribution in [-0.4, -0.2) is 12.5 Å². The average molecular weight is 311 g/mol. The van der Waals surface area contributed by atoms with Crippen LogP contribution in [-0.2, 0) is 4.79 Å². The van der Waals surface area contributed by atoms with Crippen molar-refractivity contribution in [3.8, 4) is 5.75 Å². The molecule has 2 aromatic rings. The van der Waals surface area contributed by atoms with E-state index in [9.17, 15) is 4.79 Å². The summed E-state index contributed by atoms with van der Waals surface area (Å²) in [6.07, 6.45) is 0. The molecule has 0 heterocycles. The van der Waals surface area contributed by atoms with Crippen LogP contribution in [0.25, 0.3) is 0 Å². The molecule has 0 fully saturated rings. The summed E-state index contributed by atoms with van der Waals surface area (Å²) in [6.45, 7) is 10.4. The Hall–Kier alpha value is -2.29. The highest BCUT2D eigenvalue weighted by atomic mass is 16.5. The van der Waals surface area contributed by atoms with Crippen molar-refractivity contribution in [1.29, 1.82) is 0 Å². The number of aryl methyl sites for hydroxylation is 2. The first-order valence-electron chi connectivity index (χ1n) is 7.97. The fourth-order valence-corrected chi connectivity index (χ4v) is 2.44. The summed E-state index contributed by atoms with van der Waals surface area (Å²) < 4.78 is 5.68. The van der Waals surface area contributed by atoms with Crippen LogP contribution in [0.5, 0.6) is 5.75 Å². The average Bonchev–Trinajstić information content (AvgIpc) is 2.50. The molecule has 0 aliphatic carbocycles. The predicted octanol–water partition coefficient (Wildman–Crippen LogP) is 4.75. The first kappa shape index (κ1) is 17.1. The Morgan fingerprint density at radius 1 is 1.09 bits per heavy atom. The molecule has 1 amide bonds. The van der Waals surface area contributed by atoms with E-state index in [2.05, 4.69) is 25.2 Å². The van der Waals surface area contributed by atoms with Gasteiger partial charge in [0.15, 0.2) is 6.61 Å². The molecule has 0 aromatic heterocycles. The molecule has 2 aromatic carbocycles. The Balaban J connectivity index is 1.95. The van der Waals surface area contributed by atoms with E-state index in [1.54, 1.807) is 0 Å². The van der Waals surface area contributed by atoms with Crippen molar-refractivity contribution >= 4 is 11.6 Å². The monoisotopic (exact) mass is 311 g/mol. The van der Waals surface area contributed by atoms with Crippen LogP contribution in [0.2, 0.25) is 0 Å². The molecule has 1 N–H and O–H groups in total. The highest BCUT2D eigenvalue weighted by Gasteiger charge is 2.08. The fourth-order valence-electron chi connectivity index (χ4n) is 2.44. The standard InChI is InChI=1S/C20H25NO2/c1-13(2)17-6-8-18(9-7-17)21-20(22)12-23-19-11-14(3)10-15(4)16(19)5/h6-11,13H,12H2,1-5H3,(H,21,22). The largest absolute Gasteiger partial charge is 0.483 e. The number of hydrogen-bond acceptors (Lipinski definition) is 2. The van der Waals surface area contributed by atoms with E-state index in [4.69, 9.17) is 4.74 Å². The lowest BCUT2D eigenvalue weighted by Crippen LogP contribution is -2.20. The number of benzene rings is 2. The molecule has 0 unspecified atom stereocenters. The predicted molar refractivity (Wildman–Crippen MR) is 95.3 cm³/mol. The second-order valence-electron chi connectivity index (χ2n) is 6.32. The summed E-state index contributed by atoms with van der Waals surface area (Å²) in [5.41, 5.74) is 5.42. The number of hydrogen-bond donors (Lipinski definition) is 1. The summed E-state index contributed by atoms with van der Waals surface area (Å²) in [5.74, 6) is 1.10. The van der Waals surface area contributed by atoms with Gasteiger partial charge in [0.1, 0.15) is 5.75 Å². The van der Waals surface area contributed by atoms with E-state index in [1.807, 2.05) is 51.1 Å². The second-order valence-corrected chi connectivity index (χ2v) is 6.32. The maximum atomic E-state index is 12.0. The van der Waals surface area contributed by atoms with Crippen molar-refractivity contribution in [1.82, 2.24) is 0 Å². The molecule has 122 valence electrons. The first-order chi connectivity index (χ1) is 10.9. The van der Waals surface area contributed by atoms with Gasteiger partial charge >= 0.3 is 0 Å². The third kappa shape index (κ3) is 4.59. The van der Waals surface area contributed by atoms with Crippen molar-refractivity contribution < 1.29 is 9.53 Å². The zero-order chi connectivity index (χ0) is 17.0. The van der Waals surface area contributed by atoms with E-state index in [1.165, 1.54) is 11.1 Å². The van der Waals surface area contributed by atoms with Crippen molar-refractivity contribution in [2.45, 2.75) is 40.5 Å². The Morgan fingerprint density at radius 2 is 1.74 bits per heavy atom. The van der Waals surface area contributed by atoms with Gasteiger partial charge in [-0.15, -0.1) is 0 Å². The Kier molecular flexibility index (Phi) is 5.43. The number of nitrogens with one attached hydrogen (secondary N) is 1. The lowest BCUT2D eigenvalue weighted by Gasteiger charge is -2.13. The SMILES string of the molecule is Cc1cc(C)c(C)c(OCC(=O)Nc2ccc(C(C)C)cc2)c1. The molecule has 3 heteroatoms. The zero-order valence-corrected chi connectivity index (χ0v) is 14.6. The van der Waals surface area contributed by atoms with E-state index in [0.29, 0.717) is 5.92 Å². The van der Waals surface area contributed by atoms with Crippen molar-refractivity contribution in [2.75, 3.05) is 11.9 Å². The number of carbonyl (C=O) groups excluding carboxylic acids is 1. The molecule has 0 saturated heterocycles. The van der Waals surface area contributed by atoms with Gasteiger partial charge in [0.25, 0.3) is 5.91 Å². The third-order valence-corrected chi connectivity index (χ3v) is 3.98. The molecule has 23 heavy (non-hydrogen) atoms. The molecule has 0 aliphatic heterocycles. The molecule has 0 aliphatic rings.